The monoisotopic (exact) mass is 266 g/mol. The highest BCUT2D eigenvalue weighted by molar-refractivity contribution is 5.78. The van der Waals surface area contributed by atoms with Gasteiger partial charge in [-0.3, -0.25) is 4.79 Å². The van der Waals surface area contributed by atoms with E-state index < -0.39 is 0 Å². The van der Waals surface area contributed by atoms with Gasteiger partial charge in [-0.25, -0.2) is 9.97 Å². The molecule has 4 nitrogen and oxygen atoms in total. The molecule has 3 N–H and O–H groups in total. The van der Waals surface area contributed by atoms with E-state index in [1.807, 2.05) is 54.6 Å². The van der Waals surface area contributed by atoms with Crippen molar-refractivity contribution in [2.45, 2.75) is 13.0 Å². The number of carbonyl (C=O) groups excluding carboxylic acids is 1. The van der Waals surface area contributed by atoms with E-state index in [9.17, 15) is 4.79 Å². The summed E-state index contributed by atoms with van der Waals surface area (Å²) in [6.07, 6.45) is 0.321. The third-order valence-electron chi connectivity index (χ3n) is 3.17. The van der Waals surface area contributed by atoms with E-state index in [1.165, 1.54) is 0 Å². The molecule has 0 unspecified atom stereocenters. The van der Waals surface area contributed by atoms with Crippen LogP contribution in [0.25, 0.3) is 11.0 Å². The van der Waals surface area contributed by atoms with Crippen molar-refractivity contribution in [3.8, 4) is 0 Å². The molecule has 0 fully saturated rings. The molecule has 1 aromatic heterocycles. The van der Waals surface area contributed by atoms with E-state index in [0.29, 0.717) is 13.0 Å². The third-order valence-corrected chi connectivity index (χ3v) is 3.17. The summed E-state index contributed by atoms with van der Waals surface area (Å²) in [6, 6.07) is 17.8. The van der Waals surface area contributed by atoms with Crippen LogP contribution >= 0.6 is 0 Å². The maximum absolute atomic E-state index is 11.9. The fourth-order valence-corrected chi connectivity index (χ4v) is 2.17. The van der Waals surface area contributed by atoms with E-state index in [4.69, 9.17) is 0 Å². The predicted molar refractivity (Wildman–Crippen MR) is 76.8 cm³/mol. The molecule has 0 aliphatic rings. The van der Waals surface area contributed by atoms with E-state index >= 15 is 0 Å². The molecule has 0 aliphatic heterocycles. The van der Waals surface area contributed by atoms with Crippen LogP contribution in [-0.2, 0) is 17.8 Å². The summed E-state index contributed by atoms with van der Waals surface area (Å²) in [7, 11) is 0. The summed E-state index contributed by atoms with van der Waals surface area (Å²) in [5.41, 5.74) is 3.12. The lowest BCUT2D eigenvalue weighted by molar-refractivity contribution is -0.356. The second-order valence-electron chi connectivity index (χ2n) is 4.71. The Balaban J connectivity index is 1.61. The molecule has 2 aromatic carbocycles. The van der Waals surface area contributed by atoms with Crippen LogP contribution in [0.2, 0.25) is 0 Å². The number of carbonyl (C=O) groups is 1. The first-order valence-electron chi connectivity index (χ1n) is 6.61. The van der Waals surface area contributed by atoms with Crippen LogP contribution in [0.1, 0.15) is 11.4 Å². The zero-order valence-corrected chi connectivity index (χ0v) is 11.0. The molecule has 100 valence electrons. The molecule has 0 spiro atoms. The summed E-state index contributed by atoms with van der Waals surface area (Å²) in [5.74, 6) is 0.813. The molecule has 1 heterocycles. The first-order chi connectivity index (χ1) is 9.81. The minimum Gasteiger partial charge on any atom is -0.351 e. The quantitative estimate of drug-likeness (QED) is 0.743. The molecule has 3 rings (SSSR count). The molecule has 4 heteroatoms. The fourth-order valence-electron chi connectivity index (χ4n) is 2.17. The molecule has 0 atom stereocenters. The average molecular weight is 266 g/mol. The molecular formula is C16H16N3O+. The SMILES string of the molecule is O=C(Cc1[nH]c2ccccc2[nH+]1)NCc1ccccc1. The number of aromatic nitrogens is 2. The zero-order chi connectivity index (χ0) is 13.8. The number of para-hydroxylation sites is 2. The van der Waals surface area contributed by atoms with Gasteiger partial charge >= 0.3 is 0 Å². The smallest absolute Gasteiger partial charge is 0.262 e. The van der Waals surface area contributed by atoms with Crippen LogP contribution in [0.5, 0.6) is 0 Å². The highest BCUT2D eigenvalue weighted by Gasteiger charge is 2.13. The van der Waals surface area contributed by atoms with Gasteiger partial charge in [-0.1, -0.05) is 42.5 Å². The lowest BCUT2D eigenvalue weighted by Crippen LogP contribution is -2.27. The number of hydrogen-bond acceptors (Lipinski definition) is 1. The number of benzene rings is 2. The summed E-state index contributed by atoms with van der Waals surface area (Å²) in [4.78, 5) is 18.3. The second-order valence-corrected chi connectivity index (χ2v) is 4.71. The van der Waals surface area contributed by atoms with Gasteiger partial charge in [0.1, 0.15) is 6.42 Å². The van der Waals surface area contributed by atoms with Crippen LogP contribution in [0.3, 0.4) is 0 Å². The van der Waals surface area contributed by atoms with Crippen LogP contribution in [0.4, 0.5) is 0 Å². The molecule has 0 aliphatic carbocycles. The van der Waals surface area contributed by atoms with E-state index in [2.05, 4.69) is 15.3 Å². The first kappa shape index (κ1) is 12.4. The molecular weight excluding hydrogens is 250 g/mol. The van der Waals surface area contributed by atoms with Gasteiger partial charge in [0.05, 0.1) is 0 Å². The minimum atomic E-state index is -0.00309. The van der Waals surface area contributed by atoms with Gasteiger partial charge in [-0.05, 0) is 17.7 Å². The molecule has 20 heavy (non-hydrogen) atoms. The Morgan fingerprint density at radius 2 is 1.80 bits per heavy atom. The Labute approximate surface area is 116 Å². The van der Waals surface area contributed by atoms with Gasteiger partial charge in [-0.15, -0.1) is 0 Å². The number of hydrogen-bond donors (Lipinski definition) is 2. The Bertz CT molecular complexity index is 686. The number of H-pyrrole nitrogens is 2. The van der Waals surface area contributed by atoms with E-state index in [0.717, 1.165) is 22.4 Å². The van der Waals surface area contributed by atoms with Crippen LogP contribution in [-0.4, -0.2) is 10.9 Å². The molecule has 0 saturated carbocycles. The Morgan fingerprint density at radius 1 is 1.05 bits per heavy atom. The van der Waals surface area contributed by atoms with Gasteiger partial charge < -0.3 is 5.32 Å². The maximum Gasteiger partial charge on any atom is 0.262 e. The summed E-state index contributed by atoms with van der Waals surface area (Å²) >= 11 is 0. The third kappa shape index (κ3) is 2.85. The lowest BCUT2D eigenvalue weighted by Gasteiger charge is -2.02. The van der Waals surface area contributed by atoms with Gasteiger partial charge in [-0.2, -0.15) is 0 Å². The van der Waals surface area contributed by atoms with Crippen molar-refractivity contribution < 1.29 is 9.78 Å². The van der Waals surface area contributed by atoms with Crippen molar-refractivity contribution in [2.75, 3.05) is 0 Å². The van der Waals surface area contributed by atoms with Crippen molar-refractivity contribution in [2.24, 2.45) is 0 Å². The maximum atomic E-state index is 11.9. The average Bonchev–Trinajstić information content (AvgIpc) is 2.88. The zero-order valence-electron chi connectivity index (χ0n) is 11.0. The van der Waals surface area contributed by atoms with E-state index in [-0.39, 0.29) is 5.91 Å². The summed E-state index contributed by atoms with van der Waals surface area (Å²) in [5, 5.41) is 2.91. The van der Waals surface area contributed by atoms with Crippen molar-refractivity contribution in [1.29, 1.82) is 0 Å². The van der Waals surface area contributed by atoms with Gasteiger partial charge in [0, 0.05) is 6.54 Å². The number of rotatable bonds is 4. The van der Waals surface area contributed by atoms with Crippen molar-refractivity contribution in [3.63, 3.8) is 0 Å². The fraction of sp³-hybridized carbons (Fsp3) is 0.125. The Kier molecular flexibility index (Phi) is 3.46. The van der Waals surface area contributed by atoms with Crippen molar-refractivity contribution in [3.05, 3.63) is 66.0 Å². The largest absolute Gasteiger partial charge is 0.351 e. The minimum absolute atomic E-state index is 0.00309. The second kappa shape index (κ2) is 5.57. The van der Waals surface area contributed by atoms with Crippen molar-refractivity contribution in [1.82, 2.24) is 10.3 Å². The first-order valence-corrected chi connectivity index (χ1v) is 6.61. The van der Waals surface area contributed by atoms with Crippen molar-refractivity contribution >= 4 is 16.9 Å². The molecule has 1 amide bonds. The lowest BCUT2D eigenvalue weighted by atomic mass is 10.2. The predicted octanol–water partition coefficient (Wildman–Crippen LogP) is 1.84. The number of amides is 1. The highest BCUT2D eigenvalue weighted by Crippen LogP contribution is 2.06. The topological polar surface area (TPSA) is 59.0 Å². The van der Waals surface area contributed by atoms with Gasteiger partial charge in [0.2, 0.25) is 5.91 Å². The standard InChI is InChI=1S/C16H15N3O/c20-16(17-11-12-6-2-1-3-7-12)10-15-18-13-8-4-5-9-14(13)19-15/h1-9H,10-11H2,(H,17,20)(H,18,19)/p+1. The Hall–Kier alpha value is -2.62. The van der Waals surface area contributed by atoms with Gasteiger partial charge in [0.25, 0.3) is 5.82 Å². The number of aromatic amines is 2. The normalized spacial score (nSPS) is 10.6. The molecule has 0 bridgehead atoms. The number of fused-ring (bicyclic) bond motifs is 1. The van der Waals surface area contributed by atoms with Crippen LogP contribution < -0.4 is 10.3 Å². The highest BCUT2D eigenvalue weighted by atomic mass is 16.1. The number of nitrogens with one attached hydrogen (secondary N) is 3. The van der Waals surface area contributed by atoms with Crippen LogP contribution in [0.15, 0.2) is 54.6 Å². The molecule has 0 radical (unpaired) electrons. The summed E-state index contributed by atoms with van der Waals surface area (Å²) < 4.78 is 0. The molecule has 3 aromatic rings. The molecule has 0 saturated heterocycles. The van der Waals surface area contributed by atoms with E-state index in [1.54, 1.807) is 0 Å². The van der Waals surface area contributed by atoms with Crippen LogP contribution in [0, 0.1) is 0 Å². The Morgan fingerprint density at radius 3 is 2.60 bits per heavy atom. The van der Waals surface area contributed by atoms with Gasteiger partial charge in [0.15, 0.2) is 11.0 Å². The number of imidazole rings is 1. The summed E-state index contributed by atoms with van der Waals surface area (Å²) in [6.45, 7) is 0.555.